The molecule has 0 radical (unpaired) electrons. The van der Waals surface area contributed by atoms with Crippen LogP contribution in [0.3, 0.4) is 0 Å². The number of halogens is 1. The first-order valence-electron chi connectivity index (χ1n) is 6.86. The van der Waals surface area contributed by atoms with Crippen LogP contribution in [0.4, 0.5) is 5.69 Å². The molecule has 1 rings (SSSR count). The van der Waals surface area contributed by atoms with Gasteiger partial charge in [-0.3, -0.25) is 4.90 Å². The van der Waals surface area contributed by atoms with Crippen molar-refractivity contribution in [1.82, 2.24) is 4.90 Å². The van der Waals surface area contributed by atoms with Crippen LogP contribution < -0.4 is 5.73 Å². The molecule has 0 aliphatic carbocycles. The number of hydrogen-bond donors (Lipinski definition) is 1. The molecular formula is C15H25BrN2. The Bertz CT molecular complexity index is 366. The zero-order chi connectivity index (χ0) is 13.5. The van der Waals surface area contributed by atoms with Crippen LogP contribution in [0.1, 0.15) is 45.6 Å². The summed E-state index contributed by atoms with van der Waals surface area (Å²) >= 11 is 3.45. The third-order valence-electron chi connectivity index (χ3n) is 3.49. The maximum absolute atomic E-state index is 6.08. The monoisotopic (exact) mass is 312 g/mol. The Morgan fingerprint density at radius 1 is 1.33 bits per heavy atom. The van der Waals surface area contributed by atoms with E-state index in [1.54, 1.807) is 0 Å². The first-order valence-corrected chi connectivity index (χ1v) is 7.65. The fraction of sp³-hybridized carbons (Fsp3) is 0.600. The van der Waals surface area contributed by atoms with Crippen molar-refractivity contribution in [3.05, 3.63) is 28.2 Å². The molecule has 0 fully saturated rings. The molecule has 102 valence electrons. The van der Waals surface area contributed by atoms with Crippen molar-refractivity contribution in [3.8, 4) is 0 Å². The molecule has 0 spiro atoms. The number of nitrogen functional groups attached to an aromatic ring is 1. The van der Waals surface area contributed by atoms with E-state index >= 15 is 0 Å². The molecule has 0 aliphatic rings. The summed E-state index contributed by atoms with van der Waals surface area (Å²) < 4.78 is 1.05. The lowest BCUT2D eigenvalue weighted by Gasteiger charge is -2.29. The lowest BCUT2D eigenvalue weighted by atomic mass is 10.1. The van der Waals surface area contributed by atoms with Crippen LogP contribution in [0.5, 0.6) is 0 Å². The maximum atomic E-state index is 6.08. The molecule has 0 aliphatic heterocycles. The number of nitrogens with zero attached hydrogens (tertiary/aromatic N) is 1. The minimum atomic E-state index is 0.611. The van der Waals surface area contributed by atoms with E-state index in [1.165, 1.54) is 24.8 Å². The van der Waals surface area contributed by atoms with Crippen molar-refractivity contribution >= 4 is 21.6 Å². The SMILES string of the molecule is CCCCN(Cc1ccc(Br)cc1N)C(C)CC. The van der Waals surface area contributed by atoms with Gasteiger partial charge in [0.2, 0.25) is 0 Å². The normalized spacial score (nSPS) is 12.9. The third-order valence-corrected chi connectivity index (χ3v) is 3.99. The number of benzene rings is 1. The Labute approximate surface area is 120 Å². The fourth-order valence-corrected chi connectivity index (χ4v) is 2.38. The molecule has 3 heteroatoms. The summed E-state index contributed by atoms with van der Waals surface area (Å²) in [5.74, 6) is 0. The highest BCUT2D eigenvalue weighted by atomic mass is 79.9. The molecule has 1 atom stereocenters. The van der Waals surface area contributed by atoms with E-state index < -0.39 is 0 Å². The van der Waals surface area contributed by atoms with Crippen LogP contribution >= 0.6 is 15.9 Å². The molecule has 0 bridgehead atoms. The van der Waals surface area contributed by atoms with E-state index in [0.717, 1.165) is 23.2 Å². The molecule has 2 nitrogen and oxygen atoms in total. The van der Waals surface area contributed by atoms with Crippen molar-refractivity contribution in [1.29, 1.82) is 0 Å². The summed E-state index contributed by atoms with van der Waals surface area (Å²) in [7, 11) is 0. The Morgan fingerprint density at radius 2 is 2.06 bits per heavy atom. The molecule has 0 heterocycles. The predicted molar refractivity (Wildman–Crippen MR) is 83.6 cm³/mol. The minimum absolute atomic E-state index is 0.611. The third kappa shape index (κ3) is 4.62. The Morgan fingerprint density at radius 3 is 2.61 bits per heavy atom. The summed E-state index contributed by atoms with van der Waals surface area (Å²) in [5, 5.41) is 0. The van der Waals surface area contributed by atoms with Crippen molar-refractivity contribution in [2.24, 2.45) is 0 Å². The van der Waals surface area contributed by atoms with Gasteiger partial charge in [-0.1, -0.05) is 42.3 Å². The van der Waals surface area contributed by atoms with E-state index in [-0.39, 0.29) is 0 Å². The van der Waals surface area contributed by atoms with Gasteiger partial charge in [0.05, 0.1) is 0 Å². The van der Waals surface area contributed by atoms with Gasteiger partial charge in [0.25, 0.3) is 0 Å². The average Bonchev–Trinajstić information content (AvgIpc) is 2.36. The molecule has 1 aromatic carbocycles. The summed E-state index contributed by atoms with van der Waals surface area (Å²) in [4.78, 5) is 2.53. The largest absolute Gasteiger partial charge is 0.398 e. The van der Waals surface area contributed by atoms with Crippen LogP contribution in [-0.4, -0.2) is 17.5 Å². The fourth-order valence-electron chi connectivity index (χ4n) is 2.00. The second kappa shape index (κ2) is 7.80. The van der Waals surface area contributed by atoms with E-state index in [4.69, 9.17) is 5.73 Å². The number of hydrogen-bond acceptors (Lipinski definition) is 2. The van der Waals surface area contributed by atoms with Crippen LogP contribution in [0, 0.1) is 0 Å². The number of unbranched alkanes of at least 4 members (excludes halogenated alkanes) is 1. The van der Waals surface area contributed by atoms with Gasteiger partial charge in [0.1, 0.15) is 0 Å². The predicted octanol–water partition coefficient (Wildman–Crippen LogP) is 4.43. The lowest BCUT2D eigenvalue weighted by Crippen LogP contribution is -2.33. The summed E-state index contributed by atoms with van der Waals surface area (Å²) in [5.41, 5.74) is 8.20. The van der Waals surface area contributed by atoms with Gasteiger partial charge in [0.15, 0.2) is 0 Å². The number of rotatable bonds is 7. The highest BCUT2D eigenvalue weighted by Crippen LogP contribution is 2.21. The topological polar surface area (TPSA) is 29.3 Å². The van der Waals surface area contributed by atoms with Gasteiger partial charge >= 0.3 is 0 Å². The Hall–Kier alpha value is -0.540. The highest BCUT2D eigenvalue weighted by molar-refractivity contribution is 9.10. The van der Waals surface area contributed by atoms with E-state index in [1.807, 2.05) is 6.07 Å². The van der Waals surface area contributed by atoms with Crippen molar-refractivity contribution in [2.75, 3.05) is 12.3 Å². The molecule has 2 N–H and O–H groups in total. The molecule has 0 saturated heterocycles. The van der Waals surface area contributed by atoms with Gasteiger partial charge in [-0.15, -0.1) is 0 Å². The zero-order valence-corrected chi connectivity index (χ0v) is 13.3. The summed E-state index contributed by atoms with van der Waals surface area (Å²) in [6.45, 7) is 8.89. The highest BCUT2D eigenvalue weighted by Gasteiger charge is 2.13. The zero-order valence-electron chi connectivity index (χ0n) is 11.7. The Balaban J connectivity index is 2.75. The smallest absolute Gasteiger partial charge is 0.0371 e. The standard InChI is InChI=1S/C15H25BrN2/c1-4-6-9-18(12(3)5-2)11-13-7-8-14(16)10-15(13)17/h7-8,10,12H,4-6,9,11,17H2,1-3H3. The quantitative estimate of drug-likeness (QED) is 0.754. The van der Waals surface area contributed by atoms with Crippen LogP contribution in [0.25, 0.3) is 0 Å². The van der Waals surface area contributed by atoms with Crippen molar-refractivity contribution in [3.63, 3.8) is 0 Å². The minimum Gasteiger partial charge on any atom is -0.398 e. The molecule has 1 aromatic rings. The molecule has 18 heavy (non-hydrogen) atoms. The molecule has 0 aromatic heterocycles. The number of anilines is 1. The van der Waals surface area contributed by atoms with Crippen LogP contribution in [-0.2, 0) is 6.54 Å². The van der Waals surface area contributed by atoms with Crippen LogP contribution in [0.2, 0.25) is 0 Å². The first kappa shape index (κ1) is 15.5. The molecule has 0 amide bonds. The van der Waals surface area contributed by atoms with Gasteiger partial charge in [-0.25, -0.2) is 0 Å². The first-order chi connectivity index (χ1) is 8.58. The van der Waals surface area contributed by atoms with E-state index in [2.05, 4.69) is 53.7 Å². The molecular weight excluding hydrogens is 288 g/mol. The number of nitrogens with two attached hydrogens (primary N) is 1. The van der Waals surface area contributed by atoms with Gasteiger partial charge in [-0.2, -0.15) is 0 Å². The van der Waals surface area contributed by atoms with Crippen molar-refractivity contribution < 1.29 is 0 Å². The van der Waals surface area contributed by atoms with Crippen molar-refractivity contribution in [2.45, 2.75) is 52.6 Å². The van der Waals surface area contributed by atoms with E-state index in [9.17, 15) is 0 Å². The van der Waals surface area contributed by atoms with Gasteiger partial charge in [-0.05, 0) is 44.0 Å². The summed E-state index contributed by atoms with van der Waals surface area (Å²) in [6.07, 6.45) is 3.67. The molecule has 0 saturated carbocycles. The molecule has 1 unspecified atom stereocenters. The second-order valence-electron chi connectivity index (χ2n) is 4.92. The summed E-state index contributed by atoms with van der Waals surface area (Å²) in [6, 6.07) is 6.80. The van der Waals surface area contributed by atoms with Gasteiger partial charge in [0, 0.05) is 22.7 Å². The second-order valence-corrected chi connectivity index (χ2v) is 5.84. The van der Waals surface area contributed by atoms with Gasteiger partial charge < -0.3 is 5.73 Å². The average molecular weight is 313 g/mol. The maximum Gasteiger partial charge on any atom is 0.0371 e. The van der Waals surface area contributed by atoms with Crippen LogP contribution in [0.15, 0.2) is 22.7 Å². The lowest BCUT2D eigenvalue weighted by molar-refractivity contribution is 0.192. The van der Waals surface area contributed by atoms with E-state index in [0.29, 0.717) is 6.04 Å². The Kier molecular flexibility index (Phi) is 6.72.